The van der Waals surface area contributed by atoms with Crippen LogP contribution in [0.2, 0.25) is 0 Å². The first kappa shape index (κ1) is 22.8. The van der Waals surface area contributed by atoms with E-state index in [0.717, 1.165) is 80.8 Å². The average molecular weight is 503 g/mol. The fraction of sp³-hybridized carbons (Fsp3) is 0.194. The second-order valence-corrected chi connectivity index (χ2v) is 10.2. The van der Waals surface area contributed by atoms with E-state index in [9.17, 15) is 4.39 Å². The van der Waals surface area contributed by atoms with Crippen molar-refractivity contribution in [3.8, 4) is 33.8 Å². The molecule has 7 rings (SSSR count). The van der Waals surface area contributed by atoms with Gasteiger partial charge in [-0.2, -0.15) is 5.10 Å². The summed E-state index contributed by atoms with van der Waals surface area (Å²) in [6, 6.07) is 17.6. The molecule has 6 aromatic rings. The van der Waals surface area contributed by atoms with Crippen molar-refractivity contribution in [1.29, 1.82) is 0 Å². The number of benzene rings is 2. The Kier molecular flexibility index (Phi) is 5.51. The van der Waals surface area contributed by atoms with Crippen LogP contribution in [-0.4, -0.2) is 43.1 Å². The van der Waals surface area contributed by atoms with Crippen molar-refractivity contribution in [2.24, 2.45) is 0 Å². The number of likely N-dealkylation sites (tertiary alicyclic amines) is 1. The highest BCUT2D eigenvalue weighted by atomic mass is 19.1. The Morgan fingerprint density at radius 1 is 0.895 bits per heavy atom. The molecular formula is C31H27FN6. The maximum atomic E-state index is 14.2. The summed E-state index contributed by atoms with van der Waals surface area (Å²) < 4.78 is 14.2. The van der Waals surface area contributed by atoms with Crippen LogP contribution >= 0.6 is 0 Å². The molecule has 188 valence electrons. The predicted octanol–water partition coefficient (Wildman–Crippen LogP) is 6.88. The van der Waals surface area contributed by atoms with Crippen molar-refractivity contribution in [2.45, 2.75) is 26.3 Å². The van der Waals surface area contributed by atoms with E-state index in [-0.39, 0.29) is 5.82 Å². The number of nitrogens with one attached hydrogen (secondary N) is 2. The summed E-state index contributed by atoms with van der Waals surface area (Å²) in [6.07, 6.45) is 8.19. The predicted molar refractivity (Wildman–Crippen MR) is 149 cm³/mol. The number of rotatable bonds is 5. The molecule has 0 unspecified atom stereocenters. The molecule has 0 aliphatic carbocycles. The molecule has 0 saturated carbocycles. The van der Waals surface area contributed by atoms with E-state index >= 15 is 0 Å². The Morgan fingerprint density at radius 3 is 2.66 bits per heavy atom. The highest BCUT2D eigenvalue weighted by Crippen LogP contribution is 2.35. The van der Waals surface area contributed by atoms with Crippen molar-refractivity contribution in [3.63, 3.8) is 0 Å². The summed E-state index contributed by atoms with van der Waals surface area (Å²) in [5, 5.41) is 9.77. The normalized spacial score (nSPS) is 14.2. The van der Waals surface area contributed by atoms with Gasteiger partial charge in [0.05, 0.1) is 23.1 Å². The Labute approximate surface area is 219 Å². The van der Waals surface area contributed by atoms with E-state index < -0.39 is 0 Å². The van der Waals surface area contributed by atoms with Gasteiger partial charge in [-0.25, -0.2) is 4.39 Å². The molecule has 4 aromatic heterocycles. The molecule has 2 N–H and O–H groups in total. The lowest BCUT2D eigenvalue weighted by Gasteiger charge is -2.14. The summed E-state index contributed by atoms with van der Waals surface area (Å²) >= 11 is 0. The minimum atomic E-state index is -0.231. The molecule has 0 spiro atoms. The third kappa shape index (κ3) is 4.15. The lowest BCUT2D eigenvalue weighted by molar-refractivity contribution is 0.331. The fourth-order valence-electron chi connectivity index (χ4n) is 5.62. The monoisotopic (exact) mass is 502 g/mol. The van der Waals surface area contributed by atoms with Gasteiger partial charge in [0.25, 0.3) is 0 Å². The first-order valence-corrected chi connectivity index (χ1v) is 13.0. The standard InChI is InChI=1S/C31H27FN6/c1-19-9-21(12-23(32)10-19)24-5-4-6-27-25(24)13-29(35-27)31-26-14-28(34-17-30(26)36-37-31)22-11-20(15-33-16-22)18-38-7-2-3-8-38/h4-6,9-17,35H,2-3,7-8,18H2,1H3,(H,36,37). The van der Waals surface area contributed by atoms with Crippen LogP contribution in [0, 0.1) is 12.7 Å². The molecule has 0 radical (unpaired) electrons. The zero-order chi connectivity index (χ0) is 25.6. The van der Waals surface area contributed by atoms with E-state index in [4.69, 9.17) is 4.98 Å². The SMILES string of the molecule is Cc1cc(F)cc(-c2cccc3[nH]c(-c4n[nH]c5cnc(-c6cncc(CN7CCCC7)c6)cc45)cc23)c1. The summed E-state index contributed by atoms with van der Waals surface area (Å²) in [6.45, 7) is 5.13. The van der Waals surface area contributed by atoms with Gasteiger partial charge in [-0.1, -0.05) is 18.2 Å². The molecule has 0 amide bonds. The second-order valence-electron chi connectivity index (χ2n) is 10.2. The Bertz CT molecular complexity index is 1770. The fourth-order valence-corrected chi connectivity index (χ4v) is 5.62. The van der Waals surface area contributed by atoms with E-state index in [1.807, 2.05) is 49.8 Å². The average Bonchev–Trinajstić information content (AvgIpc) is 3.67. The summed E-state index contributed by atoms with van der Waals surface area (Å²) in [5.74, 6) is -0.231. The van der Waals surface area contributed by atoms with E-state index in [0.29, 0.717) is 0 Å². The molecule has 1 aliphatic heterocycles. The van der Waals surface area contributed by atoms with Gasteiger partial charge in [0.15, 0.2) is 0 Å². The van der Waals surface area contributed by atoms with E-state index in [2.05, 4.69) is 43.3 Å². The van der Waals surface area contributed by atoms with Gasteiger partial charge >= 0.3 is 0 Å². The van der Waals surface area contributed by atoms with Crippen LogP contribution < -0.4 is 0 Å². The number of aromatic nitrogens is 5. The molecular weight excluding hydrogens is 475 g/mol. The summed E-state index contributed by atoms with van der Waals surface area (Å²) in [7, 11) is 0. The molecule has 1 fully saturated rings. The van der Waals surface area contributed by atoms with Gasteiger partial charge in [-0.05, 0) is 91.5 Å². The lowest BCUT2D eigenvalue weighted by atomic mass is 9.99. The number of fused-ring (bicyclic) bond motifs is 2. The number of hydrogen-bond acceptors (Lipinski definition) is 4. The third-order valence-electron chi connectivity index (χ3n) is 7.42. The quantitative estimate of drug-likeness (QED) is 0.270. The van der Waals surface area contributed by atoms with Crippen molar-refractivity contribution in [3.05, 3.63) is 90.1 Å². The van der Waals surface area contributed by atoms with Crippen LogP contribution in [0.4, 0.5) is 4.39 Å². The zero-order valence-electron chi connectivity index (χ0n) is 21.1. The first-order chi connectivity index (χ1) is 18.6. The number of pyridine rings is 2. The van der Waals surface area contributed by atoms with Crippen LogP contribution in [0.15, 0.2) is 73.2 Å². The number of halogens is 1. The van der Waals surface area contributed by atoms with Gasteiger partial charge in [0.1, 0.15) is 11.5 Å². The number of nitrogens with zero attached hydrogens (tertiary/aromatic N) is 4. The van der Waals surface area contributed by atoms with E-state index in [1.165, 1.54) is 18.4 Å². The molecule has 0 atom stereocenters. The van der Waals surface area contributed by atoms with Crippen LogP contribution in [0.1, 0.15) is 24.0 Å². The minimum Gasteiger partial charge on any atom is -0.353 e. The Hall–Kier alpha value is -4.36. The maximum absolute atomic E-state index is 14.2. The Balaban J connectivity index is 1.28. The van der Waals surface area contributed by atoms with Gasteiger partial charge < -0.3 is 4.98 Å². The molecule has 38 heavy (non-hydrogen) atoms. The number of hydrogen-bond donors (Lipinski definition) is 2. The van der Waals surface area contributed by atoms with Gasteiger partial charge in [0, 0.05) is 40.8 Å². The Morgan fingerprint density at radius 2 is 1.79 bits per heavy atom. The van der Waals surface area contributed by atoms with Crippen molar-refractivity contribution >= 4 is 21.8 Å². The van der Waals surface area contributed by atoms with Gasteiger partial charge in [0.2, 0.25) is 0 Å². The smallest absolute Gasteiger partial charge is 0.124 e. The topological polar surface area (TPSA) is 73.5 Å². The van der Waals surface area contributed by atoms with Crippen molar-refractivity contribution in [2.75, 3.05) is 13.1 Å². The van der Waals surface area contributed by atoms with Crippen LogP contribution in [0.5, 0.6) is 0 Å². The molecule has 1 aliphatic rings. The molecule has 2 aromatic carbocycles. The molecule has 1 saturated heterocycles. The molecule has 7 heteroatoms. The molecule has 0 bridgehead atoms. The van der Waals surface area contributed by atoms with Crippen LogP contribution in [0.3, 0.4) is 0 Å². The van der Waals surface area contributed by atoms with Crippen molar-refractivity contribution < 1.29 is 4.39 Å². The second kappa shape index (κ2) is 9.19. The molecule has 6 nitrogen and oxygen atoms in total. The van der Waals surface area contributed by atoms with E-state index in [1.54, 1.807) is 12.1 Å². The highest BCUT2D eigenvalue weighted by molar-refractivity contribution is 6.01. The molecule has 5 heterocycles. The third-order valence-corrected chi connectivity index (χ3v) is 7.42. The van der Waals surface area contributed by atoms with Gasteiger partial charge in [-0.3, -0.25) is 20.0 Å². The van der Waals surface area contributed by atoms with Gasteiger partial charge in [-0.15, -0.1) is 0 Å². The number of aryl methyl sites for hydroxylation is 1. The first-order valence-electron chi connectivity index (χ1n) is 13.0. The summed E-state index contributed by atoms with van der Waals surface area (Å²) in [5.41, 5.74) is 9.35. The minimum absolute atomic E-state index is 0.231. The number of aromatic amines is 2. The number of H-pyrrole nitrogens is 2. The lowest BCUT2D eigenvalue weighted by Crippen LogP contribution is -2.18. The summed E-state index contributed by atoms with van der Waals surface area (Å²) in [4.78, 5) is 15.2. The van der Waals surface area contributed by atoms with Crippen molar-refractivity contribution in [1.82, 2.24) is 30.0 Å². The largest absolute Gasteiger partial charge is 0.353 e. The maximum Gasteiger partial charge on any atom is 0.124 e. The van der Waals surface area contributed by atoms with Crippen LogP contribution in [0.25, 0.3) is 55.6 Å². The van der Waals surface area contributed by atoms with Crippen LogP contribution in [-0.2, 0) is 6.54 Å². The highest BCUT2D eigenvalue weighted by Gasteiger charge is 2.16. The zero-order valence-corrected chi connectivity index (χ0v) is 21.1.